The molecule has 1 aromatic rings. The molecule has 86 valence electrons. The van der Waals surface area contributed by atoms with Gasteiger partial charge in [-0.15, -0.1) is 0 Å². The summed E-state index contributed by atoms with van der Waals surface area (Å²) in [5.41, 5.74) is 2.01. The number of benzene rings is 1. The summed E-state index contributed by atoms with van der Waals surface area (Å²) in [6, 6.07) is 5.94. The Hall–Kier alpha value is -1.55. The van der Waals surface area contributed by atoms with Crippen LogP contribution in [0.2, 0.25) is 0 Å². The lowest BCUT2D eigenvalue weighted by Crippen LogP contribution is -2.35. The van der Waals surface area contributed by atoms with Crippen LogP contribution >= 0.6 is 0 Å². The van der Waals surface area contributed by atoms with Crippen molar-refractivity contribution in [2.24, 2.45) is 0 Å². The summed E-state index contributed by atoms with van der Waals surface area (Å²) in [5.74, 6) is 0.774. The molecule has 0 aliphatic carbocycles. The number of hydrogen-bond acceptors (Lipinski definition) is 3. The maximum atomic E-state index is 11.5. The van der Waals surface area contributed by atoms with Gasteiger partial charge in [0.1, 0.15) is 5.75 Å². The zero-order valence-corrected chi connectivity index (χ0v) is 9.62. The Labute approximate surface area is 95.2 Å². The van der Waals surface area contributed by atoms with E-state index in [0.29, 0.717) is 0 Å². The highest BCUT2D eigenvalue weighted by molar-refractivity contribution is 5.97. The minimum absolute atomic E-state index is 0.00639. The highest BCUT2D eigenvalue weighted by Crippen LogP contribution is 2.31. The van der Waals surface area contributed by atoms with Crippen LogP contribution in [-0.4, -0.2) is 26.1 Å². The number of rotatable bonds is 3. The van der Waals surface area contributed by atoms with E-state index in [0.717, 1.165) is 30.1 Å². The second kappa shape index (κ2) is 4.53. The van der Waals surface area contributed by atoms with Crippen LogP contribution in [-0.2, 0) is 11.3 Å². The number of nitrogens with zero attached hydrogens (tertiary/aromatic N) is 1. The average Bonchev–Trinajstić information content (AvgIpc) is 2.31. The Morgan fingerprint density at radius 3 is 3.06 bits per heavy atom. The molecule has 1 aliphatic heterocycles. The molecule has 2 rings (SSSR count). The smallest absolute Gasteiger partial charge is 0.264 e. The number of nitrogens with one attached hydrogen (secondary N) is 1. The van der Waals surface area contributed by atoms with Gasteiger partial charge in [0.15, 0.2) is 6.61 Å². The first-order chi connectivity index (χ1) is 7.72. The fraction of sp³-hybridized carbons (Fsp3) is 0.417. The fourth-order valence-corrected chi connectivity index (χ4v) is 1.70. The number of ether oxygens (including phenoxy) is 1. The van der Waals surface area contributed by atoms with E-state index in [1.165, 1.54) is 0 Å². The van der Waals surface area contributed by atoms with Crippen molar-refractivity contribution in [3.63, 3.8) is 0 Å². The molecular formula is C12H16N2O2. The van der Waals surface area contributed by atoms with Crippen LogP contribution in [0.3, 0.4) is 0 Å². The average molecular weight is 220 g/mol. The Morgan fingerprint density at radius 2 is 2.31 bits per heavy atom. The number of fused-ring (bicyclic) bond motifs is 1. The zero-order chi connectivity index (χ0) is 11.5. The third-order valence-electron chi connectivity index (χ3n) is 2.69. The number of likely N-dealkylation sites (N-methyl/N-ethyl adjacent to an activating group) is 1. The van der Waals surface area contributed by atoms with Crippen molar-refractivity contribution in [3.05, 3.63) is 23.8 Å². The lowest BCUT2D eigenvalue weighted by Gasteiger charge is -2.26. The monoisotopic (exact) mass is 220 g/mol. The molecule has 0 aromatic heterocycles. The van der Waals surface area contributed by atoms with E-state index >= 15 is 0 Å². The summed E-state index contributed by atoms with van der Waals surface area (Å²) in [6.45, 7) is 3.95. The van der Waals surface area contributed by atoms with E-state index in [1.807, 2.05) is 18.2 Å². The van der Waals surface area contributed by atoms with Crippen molar-refractivity contribution in [2.45, 2.75) is 13.5 Å². The van der Waals surface area contributed by atoms with Gasteiger partial charge in [-0.05, 0) is 24.2 Å². The van der Waals surface area contributed by atoms with E-state index < -0.39 is 0 Å². The maximum Gasteiger partial charge on any atom is 0.264 e. The van der Waals surface area contributed by atoms with Gasteiger partial charge in [-0.2, -0.15) is 0 Å². The van der Waals surface area contributed by atoms with Crippen molar-refractivity contribution in [1.29, 1.82) is 0 Å². The van der Waals surface area contributed by atoms with Gasteiger partial charge in [0, 0.05) is 13.6 Å². The molecule has 0 radical (unpaired) electrons. The molecule has 4 nitrogen and oxygen atoms in total. The normalized spacial score (nSPS) is 14.6. The molecule has 1 heterocycles. The van der Waals surface area contributed by atoms with Crippen molar-refractivity contribution in [3.8, 4) is 5.75 Å². The first kappa shape index (κ1) is 11.0. The Kier molecular flexibility index (Phi) is 3.10. The highest BCUT2D eigenvalue weighted by atomic mass is 16.5. The van der Waals surface area contributed by atoms with Crippen LogP contribution in [0.5, 0.6) is 5.75 Å². The van der Waals surface area contributed by atoms with Gasteiger partial charge in [-0.25, -0.2) is 0 Å². The molecule has 0 atom stereocenters. The van der Waals surface area contributed by atoms with Crippen LogP contribution in [0.15, 0.2) is 18.2 Å². The first-order valence-electron chi connectivity index (χ1n) is 5.45. The van der Waals surface area contributed by atoms with Crippen LogP contribution in [0.4, 0.5) is 5.69 Å². The number of anilines is 1. The Bertz CT molecular complexity index is 404. The van der Waals surface area contributed by atoms with Gasteiger partial charge in [0.05, 0.1) is 5.69 Å². The maximum absolute atomic E-state index is 11.5. The molecule has 1 aliphatic rings. The molecule has 0 saturated carbocycles. The number of hydrogen-bond donors (Lipinski definition) is 1. The highest BCUT2D eigenvalue weighted by Gasteiger charge is 2.21. The number of amides is 1. The molecule has 4 heteroatoms. The van der Waals surface area contributed by atoms with Crippen molar-refractivity contribution < 1.29 is 9.53 Å². The molecule has 1 N–H and O–H groups in total. The summed E-state index contributed by atoms with van der Waals surface area (Å²) in [7, 11) is 1.78. The summed E-state index contributed by atoms with van der Waals surface area (Å²) >= 11 is 0. The van der Waals surface area contributed by atoms with Gasteiger partial charge in [0.2, 0.25) is 0 Å². The lowest BCUT2D eigenvalue weighted by atomic mass is 10.1. The van der Waals surface area contributed by atoms with E-state index in [9.17, 15) is 4.79 Å². The van der Waals surface area contributed by atoms with E-state index in [4.69, 9.17) is 4.74 Å². The minimum Gasteiger partial charge on any atom is -0.482 e. The number of carbonyl (C=O) groups is 1. The summed E-state index contributed by atoms with van der Waals surface area (Å²) < 4.78 is 5.35. The van der Waals surface area contributed by atoms with E-state index in [1.54, 1.807) is 11.9 Å². The van der Waals surface area contributed by atoms with E-state index in [-0.39, 0.29) is 12.5 Å². The van der Waals surface area contributed by atoms with Crippen LogP contribution in [0, 0.1) is 0 Å². The van der Waals surface area contributed by atoms with Crippen LogP contribution in [0.1, 0.15) is 12.5 Å². The van der Waals surface area contributed by atoms with Crippen molar-refractivity contribution in [1.82, 2.24) is 5.32 Å². The molecule has 0 spiro atoms. The van der Waals surface area contributed by atoms with Crippen molar-refractivity contribution >= 4 is 11.6 Å². The molecule has 0 unspecified atom stereocenters. The fourth-order valence-electron chi connectivity index (χ4n) is 1.70. The second-order valence-corrected chi connectivity index (χ2v) is 3.82. The Morgan fingerprint density at radius 1 is 1.50 bits per heavy atom. The first-order valence-corrected chi connectivity index (χ1v) is 5.45. The van der Waals surface area contributed by atoms with Crippen molar-refractivity contribution in [2.75, 3.05) is 25.1 Å². The molecule has 1 amide bonds. The minimum atomic E-state index is -0.00639. The second-order valence-electron chi connectivity index (χ2n) is 3.82. The molecule has 0 saturated heterocycles. The summed E-state index contributed by atoms with van der Waals surface area (Å²) in [6.07, 6.45) is 0. The van der Waals surface area contributed by atoms with Gasteiger partial charge in [-0.1, -0.05) is 13.0 Å². The summed E-state index contributed by atoms with van der Waals surface area (Å²) in [4.78, 5) is 13.1. The van der Waals surface area contributed by atoms with E-state index in [2.05, 4.69) is 12.2 Å². The topological polar surface area (TPSA) is 41.6 Å². The predicted octanol–water partition coefficient (Wildman–Crippen LogP) is 1.15. The summed E-state index contributed by atoms with van der Waals surface area (Å²) in [5, 5.41) is 3.25. The number of carbonyl (C=O) groups excluding carboxylic acids is 1. The molecule has 1 aromatic carbocycles. The van der Waals surface area contributed by atoms with Gasteiger partial charge in [-0.3, -0.25) is 4.79 Å². The predicted molar refractivity (Wildman–Crippen MR) is 62.7 cm³/mol. The molecular weight excluding hydrogens is 204 g/mol. The largest absolute Gasteiger partial charge is 0.482 e. The van der Waals surface area contributed by atoms with Gasteiger partial charge in [0.25, 0.3) is 5.91 Å². The zero-order valence-electron chi connectivity index (χ0n) is 9.62. The quantitative estimate of drug-likeness (QED) is 0.831. The van der Waals surface area contributed by atoms with Crippen LogP contribution < -0.4 is 15.0 Å². The van der Waals surface area contributed by atoms with Gasteiger partial charge >= 0.3 is 0 Å². The third-order valence-corrected chi connectivity index (χ3v) is 2.69. The molecule has 16 heavy (non-hydrogen) atoms. The van der Waals surface area contributed by atoms with Crippen LogP contribution in [0.25, 0.3) is 0 Å². The standard InChI is InChI=1S/C12H16N2O2/c1-3-13-7-9-4-5-11-10(6-9)14(2)12(15)8-16-11/h4-6,13H,3,7-8H2,1-2H3. The SMILES string of the molecule is CCNCc1ccc2c(c1)N(C)C(=O)CO2. The third kappa shape index (κ3) is 2.02. The Balaban J connectivity index is 2.25. The van der Waals surface area contributed by atoms with Gasteiger partial charge < -0.3 is 15.0 Å². The molecule has 0 bridgehead atoms. The lowest BCUT2D eigenvalue weighted by molar-refractivity contribution is -0.120. The molecule has 0 fully saturated rings.